The summed E-state index contributed by atoms with van der Waals surface area (Å²) < 4.78 is 0. The average molecular weight is 286 g/mol. The highest BCUT2D eigenvalue weighted by Crippen LogP contribution is 2.27. The molecule has 1 aliphatic rings. The second-order valence-corrected chi connectivity index (χ2v) is 8.14. The van der Waals surface area contributed by atoms with Crippen LogP contribution in [0.25, 0.3) is 0 Å². The zero-order valence-corrected chi connectivity index (χ0v) is 13.7. The van der Waals surface area contributed by atoms with Crippen molar-refractivity contribution in [3.63, 3.8) is 0 Å². The highest BCUT2D eigenvalue weighted by atomic mass is 32.2. The summed E-state index contributed by atoms with van der Waals surface area (Å²) in [4.78, 5) is 12.0. The average Bonchev–Trinajstić information content (AvgIpc) is 2.27. The Morgan fingerprint density at radius 1 is 1.32 bits per heavy atom. The van der Waals surface area contributed by atoms with Gasteiger partial charge >= 0.3 is 0 Å². The molecular weight excluding hydrogens is 256 g/mol. The number of carbonyl (C=O) groups excluding carboxylic acids is 1. The van der Waals surface area contributed by atoms with Gasteiger partial charge in [-0.1, -0.05) is 20.8 Å². The van der Waals surface area contributed by atoms with Crippen molar-refractivity contribution in [2.24, 2.45) is 11.1 Å². The van der Waals surface area contributed by atoms with Gasteiger partial charge in [-0.05, 0) is 43.8 Å². The fourth-order valence-electron chi connectivity index (χ4n) is 2.83. The third-order valence-electron chi connectivity index (χ3n) is 3.69. The highest BCUT2D eigenvalue weighted by Gasteiger charge is 2.23. The summed E-state index contributed by atoms with van der Waals surface area (Å²) in [6, 6.07) is 0.347. The van der Waals surface area contributed by atoms with E-state index in [-0.39, 0.29) is 17.4 Å². The van der Waals surface area contributed by atoms with Gasteiger partial charge in [-0.2, -0.15) is 11.8 Å². The summed E-state index contributed by atoms with van der Waals surface area (Å²) in [5.41, 5.74) is 6.24. The molecule has 0 saturated heterocycles. The Balaban J connectivity index is 2.24. The number of nitrogens with one attached hydrogen (secondary N) is 1. The van der Waals surface area contributed by atoms with Gasteiger partial charge in [-0.25, -0.2) is 0 Å². The van der Waals surface area contributed by atoms with E-state index in [1.54, 1.807) is 0 Å². The highest BCUT2D eigenvalue weighted by molar-refractivity contribution is 7.99. The van der Waals surface area contributed by atoms with Gasteiger partial charge in [0.15, 0.2) is 0 Å². The lowest BCUT2D eigenvalue weighted by Crippen LogP contribution is -2.41. The van der Waals surface area contributed by atoms with E-state index in [1.165, 1.54) is 12.8 Å². The minimum atomic E-state index is -0.0254. The molecule has 0 bridgehead atoms. The second-order valence-electron chi connectivity index (χ2n) is 7.01. The normalized spacial score (nSPS) is 25.9. The predicted octanol–water partition coefficient (Wildman–Crippen LogP) is 2.93. The number of amides is 1. The minimum Gasteiger partial charge on any atom is -0.353 e. The number of thioether (sulfide) groups is 1. The molecule has 0 aromatic heterocycles. The fraction of sp³-hybridized carbons (Fsp3) is 0.933. The molecule has 0 aromatic rings. The van der Waals surface area contributed by atoms with Crippen molar-refractivity contribution in [2.75, 3.05) is 6.26 Å². The monoisotopic (exact) mass is 286 g/mol. The van der Waals surface area contributed by atoms with Crippen molar-refractivity contribution in [3.8, 4) is 0 Å². The Morgan fingerprint density at radius 3 is 2.37 bits per heavy atom. The summed E-state index contributed by atoms with van der Waals surface area (Å²) in [7, 11) is 0. The Kier molecular flexibility index (Phi) is 6.67. The largest absolute Gasteiger partial charge is 0.353 e. The number of hydrogen-bond donors (Lipinski definition) is 2. The van der Waals surface area contributed by atoms with E-state index in [0.717, 1.165) is 24.5 Å². The summed E-state index contributed by atoms with van der Waals surface area (Å²) in [5, 5.41) is 3.94. The first-order valence-electron chi connectivity index (χ1n) is 7.38. The van der Waals surface area contributed by atoms with Crippen LogP contribution in [0.4, 0.5) is 0 Å². The minimum absolute atomic E-state index is 0.0254. The molecule has 4 heteroatoms. The van der Waals surface area contributed by atoms with Gasteiger partial charge in [-0.15, -0.1) is 0 Å². The van der Waals surface area contributed by atoms with Gasteiger partial charge in [-0.3, -0.25) is 4.79 Å². The quantitative estimate of drug-likeness (QED) is 0.817. The number of hydrogen-bond acceptors (Lipinski definition) is 3. The van der Waals surface area contributed by atoms with Crippen LogP contribution in [0, 0.1) is 5.41 Å². The molecule has 1 unspecified atom stereocenters. The smallest absolute Gasteiger partial charge is 0.221 e. The van der Waals surface area contributed by atoms with E-state index in [9.17, 15) is 4.79 Å². The maximum Gasteiger partial charge on any atom is 0.221 e. The first-order valence-corrected chi connectivity index (χ1v) is 8.66. The first-order chi connectivity index (χ1) is 8.80. The third kappa shape index (κ3) is 7.21. The van der Waals surface area contributed by atoms with Gasteiger partial charge < -0.3 is 11.1 Å². The Hall–Kier alpha value is -0.220. The van der Waals surface area contributed by atoms with E-state index >= 15 is 0 Å². The molecule has 3 N–H and O–H groups in total. The van der Waals surface area contributed by atoms with E-state index < -0.39 is 0 Å². The molecule has 0 spiro atoms. The molecule has 1 rings (SSSR count). The van der Waals surface area contributed by atoms with Crippen LogP contribution in [0.2, 0.25) is 0 Å². The van der Waals surface area contributed by atoms with Crippen LogP contribution in [0.3, 0.4) is 0 Å². The van der Waals surface area contributed by atoms with Crippen LogP contribution < -0.4 is 11.1 Å². The van der Waals surface area contributed by atoms with Crippen LogP contribution in [0.1, 0.15) is 59.3 Å². The van der Waals surface area contributed by atoms with Crippen molar-refractivity contribution in [1.29, 1.82) is 0 Å². The van der Waals surface area contributed by atoms with Gasteiger partial charge in [0.2, 0.25) is 5.91 Å². The SMILES string of the molecule is CSC1CCC(NC(=O)CC(N)CC(C)(C)C)CC1. The second kappa shape index (κ2) is 7.53. The van der Waals surface area contributed by atoms with E-state index in [4.69, 9.17) is 5.73 Å². The Labute approximate surface area is 122 Å². The topological polar surface area (TPSA) is 55.1 Å². The van der Waals surface area contributed by atoms with E-state index in [0.29, 0.717) is 12.5 Å². The summed E-state index contributed by atoms with van der Waals surface area (Å²) in [5.74, 6) is 0.129. The van der Waals surface area contributed by atoms with E-state index in [1.807, 2.05) is 11.8 Å². The third-order valence-corrected chi connectivity index (χ3v) is 4.83. The number of rotatable bonds is 5. The Bertz CT molecular complexity index is 280. The summed E-state index contributed by atoms with van der Waals surface area (Å²) in [6.07, 6.45) is 8.20. The maximum atomic E-state index is 12.0. The van der Waals surface area contributed by atoms with Crippen molar-refractivity contribution >= 4 is 17.7 Å². The molecular formula is C15H30N2OS. The first kappa shape index (κ1) is 16.8. The summed E-state index contributed by atoms with van der Waals surface area (Å²) in [6.45, 7) is 6.48. The van der Waals surface area contributed by atoms with Crippen molar-refractivity contribution in [3.05, 3.63) is 0 Å². The van der Waals surface area contributed by atoms with Gasteiger partial charge in [0.1, 0.15) is 0 Å². The lowest BCUT2D eigenvalue weighted by molar-refractivity contribution is -0.122. The van der Waals surface area contributed by atoms with Crippen LogP contribution in [0.5, 0.6) is 0 Å². The molecule has 1 atom stereocenters. The van der Waals surface area contributed by atoms with Crippen molar-refractivity contribution < 1.29 is 4.79 Å². The molecule has 0 radical (unpaired) electrons. The van der Waals surface area contributed by atoms with Crippen LogP contribution >= 0.6 is 11.8 Å². The van der Waals surface area contributed by atoms with Gasteiger partial charge in [0.25, 0.3) is 0 Å². The van der Waals surface area contributed by atoms with Crippen molar-refractivity contribution in [1.82, 2.24) is 5.32 Å². The molecule has 1 fully saturated rings. The van der Waals surface area contributed by atoms with E-state index in [2.05, 4.69) is 32.3 Å². The standard InChI is InChI=1S/C15H30N2OS/c1-15(2,3)10-11(16)9-14(18)17-12-5-7-13(19-4)8-6-12/h11-13H,5-10,16H2,1-4H3,(H,17,18). The molecule has 3 nitrogen and oxygen atoms in total. The van der Waals surface area contributed by atoms with Crippen LogP contribution in [-0.4, -0.2) is 29.5 Å². The lowest BCUT2D eigenvalue weighted by atomic mass is 9.87. The molecule has 1 amide bonds. The molecule has 1 aliphatic carbocycles. The fourth-order valence-corrected chi connectivity index (χ4v) is 3.57. The number of nitrogens with two attached hydrogens (primary N) is 1. The van der Waals surface area contributed by atoms with Crippen LogP contribution in [-0.2, 0) is 4.79 Å². The zero-order chi connectivity index (χ0) is 14.5. The molecule has 0 aliphatic heterocycles. The maximum absolute atomic E-state index is 12.0. The van der Waals surface area contributed by atoms with Crippen molar-refractivity contribution in [2.45, 2.75) is 76.6 Å². The molecule has 0 heterocycles. The molecule has 1 saturated carbocycles. The van der Waals surface area contributed by atoms with Gasteiger partial charge in [0.05, 0.1) is 0 Å². The predicted molar refractivity (Wildman–Crippen MR) is 84.4 cm³/mol. The molecule has 19 heavy (non-hydrogen) atoms. The van der Waals surface area contributed by atoms with Crippen LogP contribution in [0.15, 0.2) is 0 Å². The molecule has 112 valence electrons. The lowest BCUT2D eigenvalue weighted by Gasteiger charge is -2.29. The number of carbonyl (C=O) groups is 1. The summed E-state index contributed by atoms with van der Waals surface area (Å²) >= 11 is 1.95. The zero-order valence-electron chi connectivity index (χ0n) is 12.9. The Morgan fingerprint density at radius 2 is 1.89 bits per heavy atom. The van der Waals surface area contributed by atoms with Gasteiger partial charge in [0, 0.05) is 23.8 Å². The molecule has 0 aromatic carbocycles.